The Balaban J connectivity index is 2.66. The van der Waals surface area contributed by atoms with Crippen LogP contribution in [0.15, 0.2) is 24.3 Å². The molecule has 1 atom stereocenters. The summed E-state index contributed by atoms with van der Waals surface area (Å²) in [5.41, 5.74) is 7.07. The van der Waals surface area contributed by atoms with Crippen molar-refractivity contribution in [1.82, 2.24) is 9.78 Å². The van der Waals surface area contributed by atoms with Crippen LogP contribution in [0.4, 0.5) is 0 Å². The van der Waals surface area contributed by atoms with Gasteiger partial charge in [0, 0.05) is 19.0 Å². The molecule has 14 heavy (non-hydrogen) atoms. The molecule has 0 aliphatic carbocycles. The lowest BCUT2D eigenvalue weighted by atomic mass is 10.1. The maximum absolute atomic E-state index is 9.64. The Morgan fingerprint density at radius 1 is 1.50 bits per heavy atom. The molecule has 0 saturated heterocycles. The summed E-state index contributed by atoms with van der Waals surface area (Å²) in [6.07, 6.45) is -0.680. The van der Waals surface area contributed by atoms with Gasteiger partial charge >= 0.3 is 0 Å². The van der Waals surface area contributed by atoms with Crippen LogP contribution in [0.5, 0.6) is 0 Å². The number of aliphatic hydroxyl groups is 1. The summed E-state index contributed by atoms with van der Waals surface area (Å²) < 4.78 is 1.75. The number of hydrogen-bond acceptors (Lipinski definition) is 3. The molecule has 2 rings (SSSR count). The summed E-state index contributed by atoms with van der Waals surface area (Å²) in [4.78, 5) is 0. The van der Waals surface area contributed by atoms with Crippen molar-refractivity contribution in [2.45, 2.75) is 6.10 Å². The number of aliphatic hydroxyl groups excluding tert-OH is 1. The van der Waals surface area contributed by atoms with Crippen molar-refractivity contribution >= 4 is 10.9 Å². The molecule has 0 unspecified atom stereocenters. The van der Waals surface area contributed by atoms with E-state index in [4.69, 9.17) is 5.73 Å². The zero-order valence-corrected chi connectivity index (χ0v) is 8.01. The van der Waals surface area contributed by atoms with Crippen LogP contribution in [0.3, 0.4) is 0 Å². The zero-order valence-electron chi connectivity index (χ0n) is 8.01. The SMILES string of the molecule is Cn1nc([C@H](O)CN)c2ccccc21. The predicted molar refractivity (Wildman–Crippen MR) is 54.7 cm³/mol. The summed E-state index contributed by atoms with van der Waals surface area (Å²) in [7, 11) is 1.86. The fourth-order valence-corrected chi connectivity index (χ4v) is 1.60. The van der Waals surface area contributed by atoms with E-state index in [1.165, 1.54) is 0 Å². The van der Waals surface area contributed by atoms with Gasteiger partial charge in [0.05, 0.1) is 5.52 Å². The van der Waals surface area contributed by atoms with Crippen LogP contribution < -0.4 is 5.73 Å². The quantitative estimate of drug-likeness (QED) is 0.729. The molecule has 0 bridgehead atoms. The molecule has 0 radical (unpaired) electrons. The second-order valence-electron chi connectivity index (χ2n) is 3.28. The maximum atomic E-state index is 9.64. The fraction of sp³-hybridized carbons (Fsp3) is 0.300. The number of aryl methyl sites for hydroxylation is 1. The Hall–Kier alpha value is -1.39. The molecule has 3 N–H and O–H groups in total. The van der Waals surface area contributed by atoms with E-state index in [-0.39, 0.29) is 6.54 Å². The van der Waals surface area contributed by atoms with Crippen LogP contribution in [-0.2, 0) is 7.05 Å². The van der Waals surface area contributed by atoms with Crippen molar-refractivity contribution in [3.63, 3.8) is 0 Å². The summed E-state index contributed by atoms with van der Waals surface area (Å²) in [5, 5.41) is 14.9. The van der Waals surface area contributed by atoms with Crippen molar-refractivity contribution in [2.24, 2.45) is 12.8 Å². The first-order valence-electron chi connectivity index (χ1n) is 4.54. The third-order valence-corrected chi connectivity index (χ3v) is 2.33. The van der Waals surface area contributed by atoms with E-state index in [0.717, 1.165) is 10.9 Å². The Kier molecular flexibility index (Phi) is 2.23. The van der Waals surface area contributed by atoms with E-state index >= 15 is 0 Å². The lowest BCUT2D eigenvalue weighted by Crippen LogP contribution is -2.12. The van der Waals surface area contributed by atoms with Gasteiger partial charge in [-0.3, -0.25) is 4.68 Å². The van der Waals surface area contributed by atoms with Crippen molar-refractivity contribution < 1.29 is 5.11 Å². The maximum Gasteiger partial charge on any atom is 0.111 e. The highest BCUT2D eigenvalue weighted by Crippen LogP contribution is 2.22. The number of rotatable bonds is 2. The van der Waals surface area contributed by atoms with Gasteiger partial charge in [-0.15, -0.1) is 0 Å². The van der Waals surface area contributed by atoms with E-state index in [9.17, 15) is 5.11 Å². The van der Waals surface area contributed by atoms with Crippen LogP contribution in [0.25, 0.3) is 10.9 Å². The molecule has 0 spiro atoms. The molecule has 0 amide bonds. The summed E-state index contributed by atoms with van der Waals surface area (Å²) >= 11 is 0. The number of aromatic nitrogens is 2. The average Bonchev–Trinajstić information content (AvgIpc) is 2.56. The lowest BCUT2D eigenvalue weighted by Gasteiger charge is -2.02. The van der Waals surface area contributed by atoms with Gasteiger partial charge in [-0.2, -0.15) is 5.10 Å². The molecule has 1 heterocycles. The first-order chi connectivity index (χ1) is 6.74. The largest absolute Gasteiger partial charge is 0.385 e. The Bertz CT molecular complexity index is 450. The average molecular weight is 191 g/mol. The number of nitrogens with two attached hydrogens (primary N) is 1. The highest BCUT2D eigenvalue weighted by molar-refractivity contribution is 5.82. The molecule has 0 aliphatic rings. The molecule has 4 heteroatoms. The molecule has 0 saturated carbocycles. The van der Waals surface area contributed by atoms with Crippen LogP contribution in [0, 0.1) is 0 Å². The van der Waals surface area contributed by atoms with Crippen LogP contribution >= 0.6 is 0 Å². The van der Waals surface area contributed by atoms with Gasteiger partial charge in [-0.1, -0.05) is 18.2 Å². The van der Waals surface area contributed by atoms with Crippen molar-refractivity contribution in [3.05, 3.63) is 30.0 Å². The molecule has 4 nitrogen and oxygen atoms in total. The Morgan fingerprint density at radius 2 is 2.21 bits per heavy atom. The molecular formula is C10H13N3O. The third-order valence-electron chi connectivity index (χ3n) is 2.33. The number of fused-ring (bicyclic) bond motifs is 1. The minimum absolute atomic E-state index is 0.195. The van der Waals surface area contributed by atoms with Gasteiger partial charge in [0.1, 0.15) is 11.8 Å². The molecule has 1 aromatic carbocycles. The second-order valence-corrected chi connectivity index (χ2v) is 3.28. The number of hydrogen-bond donors (Lipinski definition) is 2. The van der Waals surface area contributed by atoms with Gasteiger partial charge in [0.15, 0.2) is 0 Å². The zero-order chi connectivity index (χ0) is 10.1. The number of benzene rings is 1. The standard InChI is InChI=1S/C10H13N3O/c1-13-8-5-3-2-4-7(8)10(12-13)9(14)6-11/h2-5,9,14H,6,11H2,1H3/t9-/m1/s1. The molecule has 74 valence electrons. The lowest BCUT2D eigenvalue weighted by molar-refractivity contribution is 0.182. The van der Waals surface area contributed by atoms with Gasteiger partial charge in [-0.05, 0) is 6.07 Å². The molecule has 1 aromatic heterocycles. The Labute approximate surface area is 81.9 Å². The smallest absolute Gasteiger partial charge is 0.111 e. The molecule has 0 aliphatic heterocycles. The normalized spacial score (nSPS) is 13.4. The summed E-state index contributed by atoms with van der Waals surface area (Å²) in [5.74, 6) is 0. The van der Waals surface area contributed by atoms with Gasteiger partial charge < -0.3 is 10.8 Å². The molecule has 2 aromatic rings. The minimum Gasteiger partial charge on any atom is -0.385 e. The molecular weight excluding hydrogens is 178 g/mol. The van der Waals surface area contributed by atoms with Crippen molar-refractivity contribution in [1.29, 1.82) is 0 Å². The van der Waals surface area contributed by atoms with E-state index in [2.05, 4.69) is 5.10 Å². The van der Waals surface area contributed by atoms with Gasteiger partial charge in [-0.25, -0.2) is 0 Å². The van der Waals surface area contributed by atoms with Crippen LogP contribution in [0.2, 0.25) is 0 Å². The monoisotopic (exact) mass is 191 g/mol. The first kappa shape index (κ1) is 9.18. The van der Waals surface area contributed by atoms with E-state index < -0.39 is 6.10 Å². The van der Waals surface area contributed by atoms with Crippen LogP contribution in [-0.4, -0.2) is 21.4 Å². The summed E-state index contributed by atoms with van der Waals surface area (Å²) in [6, 6.07) is 7.78. The fourth-order valence-electron chi connectivity index (χ4n) is 1.60. The number of para-hydroxylation sites is 1. The van der Waals surface area contributed by atoms with Crippen LogP contribution in [0.1, 0.15) is 11.8 Å². The third kappa shape index (κ3) is 1.29. The van der Waals surface area contributed by atoms with Crippen molar-refractivity contribution in [2.75, 3.05) is 6.54 Å². The highest BCUT2D eigenvalue weighted by Gasteiger charge is 2.14. The number of nitrogens with zero attached hydrogens (tertiary/aromatic N) is 2. The topological polar surface area (TPSA) is 64.1 Å². The first-order valence-corrected chi connectivity index (χ1v) is 4.54. The summed E-state index contributed by atoms with van der Waals surface area (Å²) in [6.45, 7) is 0.195. The van der Waals surface area contributed by atoms with E-state index in [1.54, 1.807) is 4.68 Å². The Morgan fingerprint density at radius 3 is 2.93 bits per heavy atom. The molecule has 0 fully saturated rings. The second kappa shape index (κ2) is 3.40. The van der Waals surface area contributed by atoms with E-state index in [0.29, 0.717) is 5.69 Å². The van der Waals surface area contributed by atoms with Gasteiger partial charge in [0.25, 0.3) is 0 Å². The van der Waals surface area contributed by atoms with E-state index in [1.807, 2.05) is 31.3 Å². The highest BCUT2D eigenvalue weighted by atomic mass is 16.3. The minimum atomic E-state index is -0.680. The van der Waals surface area contributed by atoms with Gasteiger partial charge in [0.2, 0.25) is 0 Å². The van der Waals surface area contributed by atoms with Crippen molar-refractivity contribution in [3.8, 4) is 0 Å². The predicted octanol–water partition coefficient (Wildman–Crippen LogP) is 0.565.